The molecule has 0 bridgehead atoms. The molecule has 94 valence electrons. The minimum Gasteiger partial charge on any atom is -0.389 e. The van der Waals surface area contributed by atoms with Crippen molar-refractivity contribution in [3.63, 3.8) is 0 Å². The van der Waals surface area contributed by atoms with Gasteiger partial charge in [-0.15, -0.1) is 0 Å². The summed E-state index contributed by atoms with van der Waals surface area (Å²) in [5, 5.41) is 10.5. The van der Waals surface area contributed by atoms with Crippen LogP contribution in [0, 0.1) is 6.92 Å². The molecule has 1 N–H and O–H groups in total. The smallest absolute Gasteiger partial charge is 0.0700 e. The first-order valence-corrected chi connectivity index (χ1v) is 6.37. The van der Waals surface area contributed by atoms with Gasteiger partial charge in [0.25, 0.3) is 0 Å². The van der Waals surface area contributed by atoms with Crippen LogP contribution in [0.15, 0.2) is 54.6 Å². The SMILES string of the molecule is Cc1cccc(CC(C)(O)Cc2ccccc2)c1. The van der Waals surface area contributed by atoms with Gasteiger partial charge in [0.2, 0.25) is 0 Å². The molecule has 0 heterocycles. The number of benzene rings is 2. The van der Waals surface area contributed by atoms with Crippen LogP contribution in [0.3, 0.4) is 0 Å². The van der Waals surface area contributed by atoms with Crippen LogP contribution in [0.25, 0.3) is 0 Å². The van der Waals surface area contributed by atoms with Gasteiger partial charge in [0, 0.05) is 12.8 Å². The van der Waals surface area contributed by atoms with Crippen LogP contribution in [0.5, 0.6) is 0 Å². The van der Waals surface area contributed by atoms with Gasteiger partial charge in [-0.2, -0.15) is 0 Å². The normalized spacial score (nSPS) is 14.2. The molecule has 0 amide bonds. The predicted octanol–water partition coefficient (Wildman–Crippen LogP) is 3.53. The Morgan fingerprint density at radius 1 is 0.889 bits per heavy atom. The zero-order valence-corrected chi connectivity index (χ0v) is 11.1. The van der Waals surface area contributed by atoms with E-state index >= 15 is 0 Å². The highest BCUT2D eigenvalue weighted by atomic mass is 16.3. The average molecular weight is 240 g/mol. The predicted molar refractivity (Wildman–Crippen MR) is 75.7 cm³/mol. The first-order valence-electron chi connectivity index (χ1n) is 6.37. The van der Waals surface area contributed by atoms with Crippen molar-refractivity contribution in [1.82, 2.24) is 0 Å². The molecular formula is C17H20O. The Morgan fingerprint density at radius 2 is 1.50 bits per heavy atom. The fraction of sp³-hybridized carbons (Fsp3) is 0.294. The summed E-state index contributed by atoms with van der Waals surface area (Å²) in [6.07, 6.45) is 1.37. The Labute approximate surface area is 109 Å². The second-order valence-electron chi connectivity index (χ2n) is 5.33. The van der Waals surface area contributed by atoms with E-state index in [0.717, 1.165) is 0 Å². The van der Waals surface area contributed by atoms with E-state index in [0.29, 0.717) is 12.8 Å². The third-order valence-corrected chi connectivity index (χ3v) is 3.10. The van der Waals surface area contributed by atoms with E-state index in [2.05, 4.69) is 37.3 Å². The highest BCUT2D eigenvalue weighted by Gasteiger charge is 2.21. The van der Waals surface area contributed by atoms with Crippen molar-refractivity contribution in [3.05, 3.63) is 71.3 Å². The molecule has 1 heteroatoms. The lowest BCUT2D eigenvalue weighted by Crippen LogP contribution is -2.30. The molecule has 2 rings (SSSR count). The highest BCUT2D eigenvalue weighted by Crippen LogP contribution is 2.19. The quantitative estimate of drug-likeness (QED) is 0.866. The summed E-state index contributed by atoms with van der Waals surface area (Å²) >= 11 is 0. The van der Waals surface area contributed by atoms with Crippen LogP contribution in [0.2, 0.25) is 0 Å². The second-order valence-corrected chi connectivity index (χ2v) is 5.33. The summed E-state index contributed by atoms with van der Waals surface area (Å²) in [5.41, 5.74) is 2.91. The summed E-state index contributed by atoms with van der Waals surface area (Å²) in [7, 11) is 0. The Morgan fingerprint density at radius 3 is 2.17 bits per heavy atom. The van der Waals surface area contributed by atoms with E-state index in [4.69, 9.17) is 0 Å². The highest BCUT2D eigenvalue weighted by molar-refractivity contribution is 5.25. The van der Waals surface area contributed by atoms with E-state index in [1.54, 1.807) is 0 Å². The molecule has 0 aliphatic heterocycles. The number of aryl methyl sites for hydroxylation is 1. The molecule has 0 saturated carbocycles. The molecule has 0 aliphatic rings. The number of rotatable bonds is 4. The Hall–Kier alpha value is -1.60. The second kappa shape index (κ2) is 5.36. The van der Waals surface area contributed by atoms with E-state index < -0.39 is 5.60 Å². The molecular weight excluding hydrogens is 220 g/mol. The maximum atomic E-state index is 10.5. The van der Waals surface area contributed by atoms with Gasteiger partial charge < -0.3 is 5.11 Å². The standard InChI is InChI=1S/C17H20O/c1-14-7-6-10-16(11-14)13-17(2,18)12-15-8-4-3-5-9-15/h3-11,18H,12-13H2,1-2H3. The number of hydrogen-bond donors (Lipinski definition) is 1. The molecule has 1 atom stereocenters. The van der Waals surface area contributed by atoms with Gasteiger partial charge >= 0.3 is 0 Å². The molecule has 1 nitrogen and oxygen atoms in total. The zero-order chi connectivity index (χ0) is 13.0. The van der Waals surface area contributed by atoms with Gasteiger partial charge in [0.1, 0.15) is 0 Å². The molecule has 0 fully saturated rings. The van der Waals surface area contributed by atoms with Crippen molar-refractivity contribution in [3.8, 4) is 0 Å². The minimum absolute atomic E-state index is 0.682. The summed E-state index contributed by atoms with van der Waals surface area (Å²) in [5.74, 6) is 0. The van der Waals surface area contributed by atoms with Crippen molar-refractivity contribution in [2.45, 2.75) is 32.3 Å². The van der Waals surface area contributed by atoms with E-state index in [-0.39, 0.29) is 0 Å². The fourth-order valence-electron chi connectivity index (χ4n) is 2.36. The molecule has 0 aliphatic carbocycles. The topological polar surface area (TPSA) is 20.2 Å². The van der Waals surface area contributed by atoms with Gasteiger partial charge in [-0.1, -0.05) is 60.2 Å². The number of hydrogen-bond acceptors (Lipinski definition) is 1. The van der Waals surface area contributed by atoms with Gasteiger partial charge in [0.15, 0.2) is 0 Å². The van der Waals surface area contributed by atoms with Crippen molar-refractivity contribution in [2.24, 2.45) is 0 Å². The molecule has 2 aromatic rings. The molecule has 2 aromatic carbocycles. The molecule has 1 unspecified atom stereocenters. The lowest BCUT2D eigenvalue weighted by molar-refractivity contribution is 0.0608. The van der Waals surface area contributed by atoms with Crippen molar-refractivity contribution in [1.29, 1.82) is 0 Å². The third kappa shape index (κ3) is 3.71. The van der Waals surface area contributed by atoms with Gasteiger partial charge in [-0.25, -0.2) is 0 Å². The van der Waals surface area contributed by atoms with Crippen LogP contribution in [0.1, 0.15) is 23.6 Å². The summed E-state index contributed by atoms with van der Waals surface area (Å²) in [6, 6.07) is 18.5. The van der Waals surface area contributed by atoms with Crippen molar-refractivity contribution < 1.29 is 5.11 Å². The average Bonchev–Trinajstić information content (AvgIpc) is 2.28. The Kier molecular flexibility index (Phi) is 3.83. The van der Waals surface area contributed by atoms with E-state index in [9.17, 15) is 5.11 Å². The van der Waals surface area contributed by atoms with Crippen LogP contribution in [-0.4, -0.2) is 10.7 Å². The van der Waals surface area contributed by atoms with Crippen LogP contribution < -0.4 is 0 Å². The van der Waals surface area contributed by atoms with Crippen LogP contribution >= 0.6 is 0 Å². The summed E-state index contributed by atoms with van der Waals surface area (Å²) in [4.78, 5) is 0. The Bertz CT molecular complexity index is 500. The lowest BCUT2D eigenvalue weighted by Gasteiger charge is -2.23. The molecule has 0 spiro atoms. The third-order valence-electron chi connectivity index (χ3n) is 3.10. The zero-order valence-electron chi connectivity index (χ0n) is 11.1. The molecule has 0 saturated heterocycles. The summed E-state index contributed by atoms with van der Waals surface area (Å²) < 4.78 is 0. The van der Waals surface area contributed by atoms with Crippen molar-refractivity contribution in [2.75, 3.05) is 0 Å². The maximum Gasteiger partial charge on any atom is 0.0700 e. The van der Waals surface area contributed by atoms with Gasteiger partial charge in [0.05, 0.1) is 5.60 Å². The monoisotopic (exact) mass is 240 g/mol. The largest absolute Gasteiger partial charge is 0.389 e. The number of aliphatic hydroxyl groups is 1. The molecule has 0 radical (unpaired) electrons. The molecule has 0 aromatic heterocycles. The minimum atomic E-state index is -0.699. The van der Waals surface area contributed by atoms with Crippen molar-refractivity contribution >= 4 is 0 Å². The first kappa shape index (κ1) is 12.8. The lowest BCUT2D eigenvalue weighted by atomic mass is 9.89. The summed E-state index contributed by atoms with van der Waals surface area (Å²) in [6.45, 7) is 3.98. The van der Waals surface area contributed by atoms with Gasteiger partial charge in [-0.05, 0) is 25.0 Å². The molecule has 18 heavy (non-hydrogen) atoms. The van der Waals surface area contributed by atoms with E-state index in [1.807, 2.05) is 31.2 Å². The Balaban J connectivity index is 2.07. The fourth-order valence-corrected chi connectivity index (χ4v) is 2.36. The van der Waals surface area contributed by atoms with Crippen LogP contribution in [-0.2, 0) is 12.8 Å². The van der Waals surface area contributed by atoms with Gasteiger partial charge in [-0.3, -0.25) is 0 Å². The van der Waals surface area contributed by atoms with Crippen LogP contribution in [0.4, 0.5) is 0 Å². The van der Waals surface area contributed by atoms with E-state index in [1.165, 1.54) is 16.7 Å². The maximum absolute atomic E-state index is 10.5. The first-order chi connectivity index (χ1) is 8.55.